The van der Waals surface area contributed by atoms with Crippen LogP contribution in [0.3, 0.4) is 0 Å². The molecule has 2 aromatic rings. The Balaban J connectivity index is 2.25. The lowest BCUT2D eigenvalue weighted by molar-refractivity contribution is 0.200. The molecule has 0 spiro atoms. The minimum absolute atomic E-state index is 0.676. The average Bonchev–Trinajstić information content (AvgIpc) is 2.92. The maximum atomic E-state index is 10.5. The Morgan fingerprint density at radius 3 is 2.84 bits per heavy atom. The van der Waals surface area contributed by atoms with Gasteiger partial charge in [0.05, 0.1) is 33.6 Å². The molecule has 19 heavy (non-hydrogen) atoms. The van der Waals surface area contributed by atoms with Crippen LogP contribution in [0.1, 0.15) is 22.5 Å². The van der Waals surface area contributed by atoms with E-state index in [1.54, 1.807) is 6.20 Å². The highest BCUT2D eigenvalue weighted by Gasteiger charge is 2.21. The van der Waals surface area contributed by atoms with Gasteiger partial charge in [-0.25, -0.2) is 4.98 Å². The maximum Gasteiger partial charge on any atom is 0.139 e. The van der Waals surface area contributed by atoms with Gasteiger partial charge >= 0.3 is 0 Å². The van der Waals surface area contributed by atoms with Crippen molar-refractivity contribution in [3.8, 4) is 0 Å². The zero-order chi connectivity index (χ0) is 14.0. The second kappa shape index (κ2) is 6.13. The number of likely N-dealkylation sites (N-methyl/N-ethyl adjacent to an activating group) is 1. The van der Waals surface area contributed by atoms with Crippen molar-refractivity contribution in [3.63, 3.8) is 0 Å². The minimum atomic E-state index is -0.746. The molecular weight excluding hydrogens is 328 g/mol. The third kappa shape index (κ3) is 3.42. The van der Waals surface area contributed by atoms with Gasteiger partial charge in [-0.3, -0.25) is 4.68 Å². The van der Waals surface area contributed by atoms with Gasteiger partial charge in [0, 0.05) is 11.9 Å². The van der Waals surface area contributed by atoms with Gasteiger partial charge in [-0.15, -0.1) is 11.3 Å². The van der Waals surface area contributed by atoms with Gasteiger partial charge in [0.1, 0.15) is 6.10 Å². The van der Waals surface area contributed by atoms with Crippen LogP contribution in [0.15, 0.2) is 16.0 Å². The Bertz CT molecular complexity index is 552. The molecule has 104 valence electrons. The zero-order valence-corrected chi connectivity index (χ0v) is 13.6. The standard InChI is InChI=1S/C12H17BrN4OS/c1-8-15-10(7-19-8)12(18)11-9(13)6-14-17(11)5-4-16(2)3/h6-7,12,18H,4-5H2,1-3H3. The third-order valence-corrected chi connectivity index (χ3v) is 4.17. The molecular formula is C12H17BrN4OS. The molecule has 2 heterocycles. The molecule has 0 aromatic carbocycles. The summed E-state index contributed by atoms with van der Waals surface area (Å²) in [7, 11) is 4.02. The molecule has 0 saturated carbocycles. The smallest absolute Gasteiger partial charge is 0.139 e. The zero-order valence-electron chi connectivity index (χ0n) is 11.2. The second-order valence-electron chi connectivity index (χ2n) is 4.60. The normalized spacial score (nSPS) is 13.2. The van der Waals surface area contributed by atoms with Gasteiger partial charge in [0.2, 0.25) is 0 Å². The van der Waals surface area contributed by atoms with Crippen molar-refractivity contribution in [2.75, 3.05) is 20.6 Å². The van der Waals surface area contributed by atoms with Crippen LogP contribution in [-0.2, 0) is 6.54 Å². The van der Waals surface area contributed by atoms with Crippen LogP contribution in [0.5, 0.6) is 0 Å². The Morgan fingerprint density at radius 2 is 2.26 bits per heavy atom. The fourth-order valence-corrected chi connectivity index (χ4v) is 2.91. The van der Waals surface area contributed by atoms with E-state index in [0.717, 1.165) is 28.3 Å². The minimum Gasteiger partial charge on any atom is -0.380 e. The molecule has 0 amide bonds. The fraction of sp³-hybridized carbons (Fsp3) is 0.500. The summed E-state index contributed by atoms with van der Waals surface area (Å²) in [6, 6.07) is 0. The molecule has 2 rings (SSSR count). The quantitative estimate of drug-likeness (QED) is 0.901. The molecule has 1 unspecified atom stereocenters. The second-order valence-corrected chi connectivity index (χ2v) is 6.51. The van der Waals surface area contributed by atoms with Crippen molar-refractivity contribution in [1.29, 1.82) is 0 Å². The largest absolute Gasteiger partial charge is 0.380 e. The highest BCUT2D eigenvalue weighted by Crippen LogP contribution is 2.29. The molecule has 7 heteroatoms. The lowest BCUT2D eigenvalue weighted by Gasteiger charge is -2.15. The first-order chi connectivity index (χ1) is 8.99. The summed E-state index contributed by atoms with van der Waals surface area (Å²) in [5.74, 6) is 0. The molecule has 1 N–H and O–H groups in total. The predicted octanol–water partition coefficient (Wildman–Crippen LogP) is 2.05. The van der Waals surface area contributed by atoms with Crippen LogP contribution < -0.4 is 0 Å². The fourth-order valence-electron chi connectivity index (χ4n) is 1.76. The molecule has 0 aliphatic carbocycles. The summed E-state index contributed by atoms with van der Waals surface area (Å²) in [5, 5.41) is 17.6. The van der Waals surface area contributed by atoms with Gasteiger partial charge in [-0.05, 0) is 36.9 Å². The Morgan fingerprint density at radius 1 is 1.53 bits per heavy atom. The molecule has 5 nitrogen and oxygen atoms in total. The van der Waals surface area contributed by atoms with E-state index in [-0.39, 0.29) is 0 Å². The Kier molecular flexibility index (Phi) is 4.72. The van der Waals surface area contributed by atoms with Gasteiger partial charge in [0.15, 0.2) is 0 Å². The highest BCUT2D eigenvalue weighted by molar-refractivity contribution is 9.10. The van der Waals surface area contributed by atoms with Gasteiger partial charge in [0.25, 0.3) is 0 Å². The van der Waals surface area contributed by atoms with E-state index in [4.69, 9.17) is 0 Å². The number of thiazole rings is 1. The van der Waals surface area contributed by atoms with E-state index in [1.807, 2.05) is 31.1 Å². The summed E-state index contributed by atoms with van der Waals surface area (Å²) in [6.45, 7) is 3.53. The Labute approximate surface area is 125 Å². The molecule has 0 bridgehead atoms. The van der Waals surface area contributed by atoms with Crippen molar-refractivity contribution >= 4 is 27.3 Å². The maximum absolute atomic E-state index is 10.5. The van der Waals surface area contributed by atoms with Crippen LogP contribution in [-0.4, -0.2) is 45.4 Å². The summed E-state index contributed by atoms with van der Waals surface area (Å²) < 4.78 is 2.63. The van der Waals surface area contributed by atoms with Gasteiger partial charge in [-0.1, -0.05) is 0 Å². The van der Waals surface area contributed by atoms with Gasteiger partial charge in [-0.2, -0.15) is 5.10 Å². The number of hydrogen-bond acceptors (Lipinski definition) is 5. The van der Waals surface area contributed by atoms with Crippen molar-refractivity contribution in [2.45, 2.75) is 19.6 Å². The first-order valence-electron chi connectivity index (χ1n) is 5.95. The number of nitrogens with zero attached hydrogens (tertiary/aromatic N) is 4. The van der Waals surface area contributed by atoms with Crippen molar-refractivity contribution in [3.05, 3.63) is 32.4 Å². The van der Waals surface area contributed by atoms with Crippen LogP contribution in [0.2, 0.25) is 0 Å². The molecule has 0 saturated heterocycles. The van der Waals surface area contributed by atoms with Crippen LogP contribution in [0, 0.1) is 6.92 Å². The van der Waals surface area contributed by atoms with E-state index < -0.39 is 6.10 Å². The predicted molar refractivity (Wildman–Crippen MR) is 79.4 cm³/mol. The number of halogens is 1. The number of aromatic nitrogens is 3. The van der Waals surface area contributed by atoms with E-state index >= 15 is 0 Å². The number of rotatable bonds is 5. The Hall–Kier alpha value is -0.760. The van der Waals surface area contributed by atoms with E-state index in [9.17, 15) is 5.11 Å². The summed E-state index contributed by atoms with van der Waals surface area (Å²) in [5.41, 5.74) is 1.43. The van der Waals surface area contributed by atoms with Crippen LogP contribution >= 0.6 is 27.3 Å². The summed E-state index contributed by atoms with van der Waals surface area (Å²) in [6.07, 6.45) is 0.969. The molecule has 0 aliphatic heterocycles. The van der Waals surface area contributed by atoms with E-state index in [2.05, 4.69) is 30.9 Å². The highest BCUT2D eigenvalue weighted by atomic mass is 79.9. The summed E-state index contributed by atoms with van der Waals surface area (Å²) >= 11 is 4.98. The van der Waals surface area contributed by atoms with Crippen molar-refractivity contribution < 1.29 is 5.11 Å². The van der Waals surface area contributed by atoms with Crippen molar-refractivity contribution in [2.24, 2.45) is 0 Å². The topological polar surface area (TPSA) is 54.2 Å². The lowest BCUT2D eigenvalue weighted by atomic mass is 10.2. The lowest BCUT2D eigenvalue weighted by Crippen LogP contribution is -2.21. The third-order valence-electron chi connectivity index (χ3n) is 2.77. The van der Waals surface area contributed by atoms with E-state index in [0.29, 0.717) is 5.69 Å². The average molecular weight is 345 g/mol. The molecule has 0 aliphatic rings. The number of aliphatic hydroxyl groups is 1. The molecule has 0 radical (unpaired) electrons. The number of aryl methyl sites for hydroxylation is 1. The van der Waals surface area contributed by atoms with E-state index in [1.165, 1.54) is 11.3 Å². The number of hydrogen-bond donors (Lipinski definition) is 1. The van der Waals surface area contributed by atoms with Crippen LogP contribution in [0.25, 0.3) is 0 Å². The molecule has 2 aromatic heterocycles. The number of aliphatic hydroxyl groups excluding tert-OH is 1. The molecule has 1 atom stereocenters. The van der Waals surface area contributed by atoms with Crippen LogP contribution in [0.4, 0.5) is 0 Å². The first-order valence-corrected chi connectivity index (χ1v) is 7.62. The SMILES string of the molecule is Cc1nc(C(O)c2c(Br)cnn2CCN(C)C)cs1. The first kappa shape index (κ1) is 14.6. The monoisotopic (exact) mass is 344 g/mol. The summed E-state index contributed by atoms with van der Waals surface area (Å²) in [4.78, 5) is 6.42. The van der Waals surface area contributed by atoms with Gasteiger partial charge < -0.3 is 10.0 Å². The van der Waals surface area contributed by atoms with Crippen molar-refractivity contribution in [1.82, 2.24) is 19.7 Å². The molecule has 0 fully saturated rings.